The molecule has 1 N–H and O–H groups in total. The molecule has 0 aliphatic rings. The van der Waals surface area contributed by atoms with E-state index >= 15 is 0 Å². The lowest BCUT2D eigenvalue weighted by molar-refractivity contribution is -0.118. The molecule has 2 aromatic rings. The van der Waals surface area contributed by atoms with E-state index in [0.717, 1.165) is 15.6 Å². The summed E-state index contributed by atoms with van der Waals surface area (Å²) in [6.07, 6.45) is 0. The van der Waals surface area contributed by atoms with Crippen molar-refractivity contribution in [1.82, 2.24) is 0 Å². The van der Waals surface area contributed by atoms with Crippen LogP contribution < -0.4 is 10.1 Å². The van der Waals surface area contributed by atoms with Crippen LogP contribution in [0.3, 0.4) is 0 Å². The highest BCUT2D eigenvalue weighted by molar-refractivity contribution is 9.10. The number of ether oxygens (including phenoxy) is 1. The summed E-state index contributed by atoms with van der Waals surface area (Å²) >= 11 is 3.50. The SMILES string of the molecule is Cc1cc(OCC(=O)Nc2ccccc2F)c(C(C)C)cc1Br. The first-order valence-electron chi connectivity index (χ1n) is 7.35. The molecule has 0 fully saturated rings. The van der Waals surface area contributed by atoms with E-state index in [2.05, 4.69) is 35.1 Å². The van der Waals surface area contributed by atoms with Crippen molar-refractivity contribution >= 4 is 27.5 Å². The van der Waals surface area contributed by atoms with Crippen molar-refractivity contribution in [3.05, 3.63) is 57.8 Å². The van der Waals surface area contributed by atoms with Crippen molar-refractivity contribution < 1.29 is 13.9 Å². The smallest absolute Gasteiger partial charge is 0.262 e. The molecular weight excluding hydrogens is 361 g/mol. The summed E-state index contributed by atoms with van der Waals surface area (Å²) in [5, 5.41) is 2.51. The van der Waals surface area contributed by atoms with Gasteiger partial charge in [-0.1, -0.05) is 41.9 Å². The summed E-state index contributed by atoms with van der Waals surface area (Å²) < 4.78 is 20.2. The molecule has 0 atom stereocenters. The molecule has 0 radical (unpaired) electrons. The number of amides is 1. The van der Waals surface area contributed by atoms with Crippen molar-refractivity contribution in [2.24, 2.45) is 0 Å². The molecule has 0 unspecified atom stereocenters. The maximum absolute atomic E-state index is 13.5. The molecule has 0 bridgehead atoms. The largest absolute Gasteiger partial charge is 0.483 e. The van der Waals surface area contributed by atoms with Gasteiger partial charge in [0.05, 0.1) is 5.69 Å². The van der Waals surface area contributed by atoms with Gasteiger partial charge in [-0.2, -0.15) is 0 Å². The Morgan fingerprint density at radius 1 is 1.30 bits per heavy atom. The molecule has 0 saturated heterocycles. The van der Waals surface area contributed by atoms with Gasteiger partial charge in [-0.3, -0.25) is 4.79 Å². The summed E-state index contributed by atoms with van der Waals surface area (Å²) in [4.78, 5) is 12.0. The number of hydrogen-bond acceptors (Lipinski definition) is 2. The van der Waals surface area contributed by atoms with E-state index in [4.69, 9.17) is 4.74 Å². The van der Waals surface area contributed by atoms with Crippen LogP contribution in [0.2, 0.25) is 0 Å². The number of rotatable bonds is 5. The van der Waals surface area contributed by atoms with Crippen molar-refractivity contribution in [2.75, 3.05) is 11.9 Å². The molecule has 1 amide bonds. The highest BCUT2D eigenvalue weighted by Crippen LogP contribution is 2.32. The maximum atomic E-state index is 13.5. The zero-order valence-corrected chi connectivity index (χ0v) is 14.9. The molecule has 0 aliphatic heterocycles. The molecule has 5 heteroatoms. The number of benzene rings is 2. The maximum Gasteiger partial charge on any atom is 0.262 e. The highest BCUT2D eigenvalue weighted by atomic mass is 79.9. The second-order valence-corrected chi connectivity index (χ2v) is 6.46. The Morgan fingerprint density at radius 3 is 2.65 bits per heavy atom. The van der Waals surface area contributed by atoms with Gasteiger partial charge in [-0.25, -0.2) is 4.39 Å². The van der Waals surface area contributed by atoms with E-state index in [1.165, 1.54) is 12.1 Å². The summed E-state index contributed by atoms with van der Waals surface area (Å²) in [5.41, 5.74) is 2.19. The first-order chi connectivity index (χ1) is 10.9. The van der Waals surface area contributed by atoms with Crippen LogP contribution in [0, 0.1) is 12.7 Å². The predicted molar refractivity (Wildman–Crippen MR) is 93.5 cm³/mol. The van der Waals surface area contributed by atoms with Gasteiger partial charge in [0, 0.05) is 4.47 Å². The summed E-state index contributed by atoms with van der Waals surface area (Å²) in [7, 11) is 0. The minimum absolute atomic E-state index is 0.150. The first kappa shape index (κ1) is 17.5. The van der Waals surface area contributed by atoms with Crippen LogP contribution in [-0.2, 0) is 4.79 Å². The standard InChI is InChI=1S/C18H19BrFNO2/c1-11(2)13-9-14(19)12(3)8-17(13)23-10-18(22)21-16-7-5-4-6-15(16)20/h4-9,11H,10H2,1-3H3,(H,21,22). The predicted octanol–water partition coefficient (Wildman–Crippen LogP) is 5.04. The van der Waals surface area contributed by atoms with Crippen molar-refractivity contribution in [1.29, 1.82) is 0 Å². The molecule has 2 rings (SSSR count). The molecule has 3 nitrogen and oxygen atoms in total. The molecule has 0 heterocycles. The number of halogens is 2. The van der Waals surface area contributed by atoms with E-state index in [1.54, 1.807) is 12.1 Å². The minimum Gasteiger partial charge on any atom is -0.483 e. The lowest BCUT2D eigenvalue weighted by Crippen LogP contribution is -2.21. The fourth-order valence-corrected chi connectivity index (χ4v) is 2.50. The second-order valence-electron chi connectivity index (χ2n) is 5.61. The van der Waals surface area contributed by atoms with E-state index in [9.17, 15) is 9.18 Å². The van der Waals surface area contributed by atoms with Crippen LogP contribution in [0.1, 0.15) is 30.9 Å². The van der Waals surface area contributed by atoms with Gasteiger partial charge in [0.2, 0.25) is 0 Å². The van der Waals surface area contributed by atoms with Gasteiger partial charge in [0.15, 0.2) is 6.61 Å². The van der Waals surface area contributed by atoms with Crippen LogP contribution in [0.15, 0.2) is 40.9 Å². The van der Waals surface area contributed by atoms with Gasteiger partial charge in [0.25, 0.3) is 5.91 Å². The third-order valence-electron chi connectivity index (χ3n) is 3.42. The van der Waals surface area contributed by atoms with E-state index in [0.29, 0.717) is 5.75 Å². The lowest BCUT2D eigenvalue weighted by Gasteiger charge is -2.16. The van der Waals surface area contributed by atoms with Crippen LogP contribution >= 0.6 is 15.9 Å². The van der Waals surface area contributed by atoms with E-state index in [-0.39, 0.29) is 18.2 Å². The van der Waals surface area contributed by atoms with Crippen LogP contribution in [0.5, 0.6) is 5.75 Å². The summed E-state index contributed by atoms with van der Waals surface area (Å²) in [6, 6.07) is 9.94. The molecule has 0 spiro atoms. The van der Waals surface area contributed by atoms with E-state index < -0.39 is 11.7 Å². The van der Waals surface area contributed by atoms with Crippen molar-refractivity contribution in [3.8, 4) is 5.75 Å². The molecule has 0 saturated carbocycles. The summed E-state index contributed by atoms with van der Waals surface area (Å²) in [5.74, 6) is 0.0643. The lowest BCUT2D eigenvalue weighted by atomic mass is 10.0. The zero-order valence-electron chi connectivity index (χ0n) is 13.3. The highest BCUT2D eigenvalue weighted by Gasteiger charge is 2.13. The summed E-state index contributed by atoms with van der Waals surface area (Å²) in [6.45, 7) is 5.91. The number of carbonyl (C=O) groups is 1. The number of carbonyl (C=O) groups excluding carboxylic acids is 1. The van der Waals surface area contributed by atoms with E-state index in [1.807, 2.05) is 19.1 Å². The number of hydrogen-bond donors (Lipinski definition) is 1. The molecule has 0 aromatic heterocycles. The Morgan fingerprint density at radius 2 is 2.00 bits per heavy atom. The van der Waals surface area contributed by atoms with Gasteiger partial charge in [-0.05, 0) is 48.2 Å². The Hall–Kier alpha value is -1.88. The van der Waals surface area contributed by atoms with Crippen molar-refractivity contribution in [2.45, 2.75) is 26.7 Å². The average molecular weight is 380 g/mol. The third kappa shape index (κ3) is 4.55. The third-order valence-corrected chi connectivity index (χ3v) is 4.27. The zero-order chi connectivity index (χ0) is 17.0. The number of nitrogens with one attached hydrogen (secondary N) is 1. The minimum atomic E-state index is -0.469. The average Bonchev–Trinajstić information content (AvgIpc) is 2.50. The topological polar surface area (TPSA) is 38.3 Å². The van der Waals surface area contributed by atoms with Crippen molar-refractivity contribution in [3.63, 3.8) is 0 Å². The number of aryl methyl sites for hydroxylation is 1. The molecule has 0 aliphatic carbocycles. The molecule has 2 aromatic carbocycles. The monoisotopic (exact) mass is 379 g/mol. The number of anilines is 1. The van der Waals surface area contributed by atoms with Gasteiger partial charge >= 0.3 is 0 Å². The molecular formula is C18H19BrFNO2. The molecule has 122 valence electrons. The Kier molecular flexibility index (Phi) is 5.77. The Bertz CT molecular complexity index is 716. The first-order valence-corrected chi connectivity index (χ1v) is 8.15. The number of para-hydroxylation sites is 1. The van der Waals surface area contributed by atoms with Gasteiger partial charge in [0.1, 0.15) is 11.6 Å². The fraction of sp³-hybridized carbons (Fsp3) is 0.278. The quantitative estimate of drug-likeness (QED) is 0.790. The Labute approximate surface area is 144 Å². The fourth-order valence-electron chi connectivity index (χ4n) is 2.14. The van der Waals surface area contributed by atoms with Crippen LogP contribution in [0.4, 0.5) is 10.1 Å². The van der Waals surface area contributed by atoms with Gasteiger partial charge in [-0.15, -0.1) is 0 Å². The van der Waals surface area contributed by atoms with Gasteiger partial charge < -0.3 is 10.1 Å². The normalized spacial score (nSPS) is 10.7. The second kappa shape index (κ2) is 7.59. The van der Waals surface area contributed by atoms with Crippen LogP contribution in [-0.4, -0.2) is 12.5 Å². The molecule has 23 heavy (non-hydrogen) atoms. The Balaban J connectivity index is 2.07. The van der Waals surface area contributed by atoms with Crippen LogP contribution in [0.25, 0.3) is 0 Å².